The second-order valence-corrected chi connectivity index (χ2v) is 5.75. The summed E-state index contributed by atoms with van der Waals surface area (Å²) in [5.41, 5.74) is 1.41. The molecular weight excluding hydrogens is 230 g/mol. The summed E-state index contributed by atoms with van der Waals surface area (Å²) in [6, 6.07) is 2.69. The summed E-state index contributed by atoms with van der Waals surface area (Å²) in [7, 11) is 0. The number of thiophene rings is 1. The Morgan fingerprint density at radius 2 is 2.41 bits per heavy atom. The Bertz CT molecular complexity index is 331. The van der Waals surface area contributed by atoms with Gasteiger partial charge in [-0.1, -0.05) is 6.92 Å². The zero-order valence-corrected chi connectivity index (χ0v) is 11.7. The van der Waals surface area contributed by atoms with Crippen molar-refractivity contribution in [3.05, 3.63) is 21.9 Å². The smallest absolute Gasteiger partial charge is 0.0593 e. The van der Waals surface area contributed by atoms with Gasteiger partial charge in [0.1, 0.15) is 0 Å². The van der Waals surface area contributed by atoms with E-state index in [4.69, 9.17) is 4.74 Å². The topological polar surface area (TPSA) is 21.3 Å². The molecule has 1 N–H and O–H groups in total. The van der Waals surface area contributed by atoms with Gasteiger partial charge in [-0.25, -0.2) is 0 Å². The molecule has 2 heterocycles. The standard InChI is InChI=1S/C14H23NOS/c1-3-15-13(14-11(2)7-9-17-14)10-12-6-4-5-8-16-12/h7,9,12-13,15H,3-6,8,10H2,1-2H3. The first-order chi connectivity index (χ1) is 8.31. The van der Waals surface area contributed by atoms with Crippen molar-refractivity contribution in [3.63, 3.8) is 0 Å². The summed E-state index contributed by atoms with van der Waals surface area (Å²) in [6.07, 6.45) is 5.36. The van der Waals surface area contributed by atoms with E-state index < -0.39 is 0 Å². The summed E-state index contributed by atoms with van der Waals surface area (Å²) in [4.78, 5) is 1.49. The average molecular weight is 253 g/mol. The highest BCUT2D eigenvalue weighted by molar-refractivity contribution is 7.10. The molecule has 1 saturated heterocycles. The molecule has 0 aliphatic carbocycles. The summed E-state index contributed by atoms with van der Waals surface area (Å²) < 4.78 is 5.86. The van der Waals surface area contributed by atoms with Gasteiger partial charge in [-0.15, -0.1) is 11.3 Å². The van der Waals surface area contributed by atoms with Crippen LogP contribution in [0, 0.1) is 6.92 Å². The minimum absolute atomic E-state index is 0.453. The Morgan fingerprint density at radius 1 is 1.53 bits per heavy atom. The number of nitrogens with one attached hydrogen (secondary N) is 1. The third kappa shape index (κ3) is 3.54. The molecule has 0 radical (unpaired) electrons. The molecule has 0 saturated carbocycles. The maximum Gasteiger partial charge on any atom is 0.0593 e. The first-order valence-electron chi connectivity index (χ1n) is 6.70. The molecule has 2 nitrogen and oxygen atoms in total. The van der Waals surface area contributed by atoms with Gasteiger partial charge in [0.25, 0.3) is 0 Å². The molecular formula is C14H23NOS. The van der Waals surface area contributed by atoms with E-state index in [1.807, 2.05) is 11.3 Å². The van der Waals surface area contributed by atoms with E-state index in [0.717, 1.165) is 19.6 Å². The van der Waals surface area contributed by atoms with Crippen molar-refractivity contribution in [3.8, 4) is 0 Å². The number of hydrogen-bond acceptors (Lipinski definition) is 3. The summed E-state index contributed by atoms with van der Waals surface area (Å²) in [5.74, 6) is 0. The van der Waals surface area contributed by atoms with Gasteiger partial charge in [0.2, 0.25) is 0 Å². The van der Waals surface area contributed by atoms with Crippen LogP contribution in [0.3, 0.4) is 0 Å². The molecule has 0 bridgehead atoms. The van der Waals surface area contributed by atoms with Crippen LogP contribution in [0.5, 0.6) is 0 Å². The van der Waals surface area contributed by atoms with Crippen molar-refractivity contribution >= 4 is 11.3 Å². The van der Waals surface area contributed by atoms with Crippen LogP contribution in [0.1, 0.15) is 49.1 Å². The van der Waals surface area contributed by atoms with Crippen LogP contribution >= 0.6 is 11.3 Å². The second kappa shape index (κ2) is 6.53. The molecule has 1 aromatic heterocycles. The van der Waals surface area contributed by atoms with E-state index >= 15 is 0 Å². The van der Waals surface area contributed by atoms with E-state index in [9.17, 15) is 0 Å². The average Bonchev–Trinajstić information content (AvgIpc) is 2.76. The molecule has 2 atom stereocenters. The van der Waals surface area contributed by atoms with Gasteiger partial charge in [-0.05, 0) is 56.2 Å². The molecule has 1 aliphatic rings. The molecule has 96 valence electrons. The highest BCUT2D eigenvalue weighted by Crippen LogP contribution is 2.30. The van der Waals surface area contributed by atoms with Crippen molar-refractivity contribution in [1.82, 2.24) is 5.32 Å². The first kappa shape index (κ1) is 13.1. The van der Waals surface area contributed by atoms with Crippen molar-refractivity contribution in [2.45, 2.75) is 51.7 Å². The maximum absolute atomic E-state index is 5.86. The molecule has 3 heteroatoms. The maximum atomic E-state index is 5.86. The number of rotatable bonds is 5. The lowest BCUT2D eigenvalue weighted by atomic mass is 9.99. The molecule has 17 heavy (non-hydrogen) atoms. The summed E-state index contributed by atoms with van der Waals surface area (Å²) in [5, 5.41) is 5.79. The zero-order chi connectivity index (χ0) is 12.1. The minimum atomic E-state index is 0.453. The van der Waals surface area contributed by atoms with Crippen LogP contribution in [-0.4, -0.2) is 19.3 Å². The number of hydrogen-bond donors (Lipinski definition) is 1. The van der Waals surface area contributed by atoms with Crippen molar-refractivity contribution in [2.75, 3.05) is 13.2 Å². The fourth-order valence-corrected chi connectivity index (χ4v) is 3.54. The summed E-state index contributed by atoms with van der Waals surface area (Å²) >= 11 is 1.87. The Hall–Kier alpha value is -0.380. The highest BCUT2D eigenvalue weighted by atomic mass is 32.1. The van der Waals surface area contributed by atoms with Crippen LogP contribution in [0.25, 0.3) is 0 Å². The lowest BCUT2D eigenvalue weighted by Gasteiger charge is -2.27. The SMILES string of the molecule is CCNC(CC1CCCCO1)c1sccc1C. The Balaban J connectivity index is 1.99. The zero-order valence-electron chi connectivity index (χ0n) is 10.9. The Morgan fingerprint density at radius 3 is 3.00 bits per heavy atom. The van der Waals surface area contributed by atoms with Crippen LogP contribution in [-0.2, 0) is 4.74 Å². The lowest BCUT2D eigenvalue weighted by Crippen LogP contribution is -2.28. The van der Waals surface area contributed by atoms with E-state index in [1.165, 1.54) is 29.7 Å². The van der Waals surface area contributed by atoms with Gasteiger partial charge < -0.3 is 10.1 Å². The van der Waals surface area contributed by atoms with Gasteiger partial charge in [-0.2, -0.15) is 0 Å². The fraction of sp³-hybridized carbons (Fsp3) is 0.714. The van der Waals surface area contributed by atoms with Crippen molar-refractivity contribution < 1.29 is 4.74 Å². The monoisotopic (exact) mass is 253 g/mol. The van der Waals surface area contributed by atoms with Crippen LogP contribution in [0.15, 0.2) is 11.4 Å². The molecule has 2 rings (SSSR count). The largest absolute Gasteiger partial charge is 0.378 e. The third-order valence-electron chi connectivity index (χ3n) is 3.44. The van der Waals surface area contributed by atoms with Crippen LogP contribution in [0.2, 0.25) is 0 Å². The molecule has 1 aromatic rings. The van der Waals surface area contributed by atoms with Gasteiger partial charge >= 0.3 is 0 Å². The number of ether oxygens (including phenoxy) is 1. The predicted molar refractivity (Wildman–Crippen MR) is 73.7 cm³/mol. The van der Waals surface area contributed by atoms with E-state index in [2.05, 4.69) is 30.6 Å². The van der Waals surface area contributed by atoms with E-state index in [0.29, 0.717) is 12.1 Å². The summed E-state index contributed by atoms with van der Waals surface area (Å²) in [6.45, 7) is 6.36. The van der Waals surface area contributed by atoms with Crippen molar-refractivity contribution in [1.29, 1.82) is 0 Å². The number of aryl methyl sites for hydroxylation is 1. The molecule has 0 spiro atoms. The van der Waals surface area contributed by atoms with Gasteiger partial charge in [0.15, 0.2) is 0 Å². The molecule has 1 aliphatic heterocycles. The molecule has 0 amide bonds. The second-order valence-electron chi connectivity index (χ2n) is 4.80. The Kier molecular flexibility index (Phi) is 5.01. The first-order valence-corrected chi connectivity index (χ1v) is 7.58. The third-order valence-corrected chi connectivity index (χ3v) is 4.57. The lowest BCUT2D eigenvalue weighted by molar-refractivity contribution is 0.00532. The molecule has 0 aromatic carbocycles. The minimum Gasteiger partial charge on any atom is -0.378 e. The van der Waals surface area contributed by atoms with Gasteiger partial charge in [0.05, 0.1) is 6.10 Å². The molecule has 1 fully saturated rings. The van der Waals surface area contributed by atoms with E-state index in [1.54, 1.807) is 0 Å². The highest BCUT2D eigenvalue weighted by Gasteiger charge is 2.21. The van der Waals surface area contributed by atoms with Crippen LogP contribution < -0.4 is 5.32 Å². The predicted octanol–water partition coefficient (Wildman–Crippen LogP) is 3.67. The van der Waals surface area contributed by atoms with Gasteiger partial charge in [0, 0.05) is 17.5 Å². The van der Waals surface area contributed by atoms with Crippen LogP contribution in [0.4, 0.5) is 0 Å². The Labute approximate surface area is 108 Å². The normalized spacial score (nSPS) is 22.6. The molecule has 2 unspecified atom stereocenters. The van der Waals surface area contributed by atoms with E-state index in [-0.39, 0.29) is 0 Å². The van der Waals surface area contributed by atoms with Crippen molar-refractivity contribution in [2.24, 2.45) is 0 Å². The van der Waals surface area contributed by atoms with Gasteiger partial charge in [-0.3, -0.25) is 0 Å². The quantitative estimate of drug-likeness (QED) is 0.864. The fourth-order valence-electron chi connectivity index (χ4n) is 2.53.